The topological polar surface area (TPSA) is 111 Å². The third kappa shape index (κ3) is 18.8. The number of hydrogen-bond acceptors (Lipinski definition) is 14. The Morgan fingerprint density at radius 3 is 1.18 bits per heavy atom. The van der Waals surface area contributed by atoms with Gasteiger partial charge in [0.15, 0.2) is 12.1 Å². The first-order chi connectivity index (χ1) is 44.1. The number of ether oxygens (including phenoxy) is 12. The van der Waals surface area contributed by atoms with Crippen LogP contribution in [0.1, 0.15) is 57.3 Å². The van der Waals surface area contributed by atoms with Crippen LogP contribution >= 0.6 is 23.5 Å². The average molecular weight is 1240 g/mol. The molecule has 3 saturated heterocycles. The van der Waals surface area contributed by atoms with Gasteiger partial charge in [-0.05, 0) is 62.4 Å². The van der Waals surface area contributed by atoms with Gasteiger partial charge in [0.1, 0.15) is 53.4 Å². The minimum atomic E-state index is -1.34. The van der Waals surface area contributed by atoms with Crippen molar-refractivity contribution >= 4 is 23.5 Å². The van der Waals surface area contributed by atoms with Gasteiger partial charge in [0.2, 0.25) is 0 Å². The second-order valence-corrected chi connectivity index (χ2v) is 25.3. The molecule has 3 heterocycles. The summed E-state index contributed by atoms with van der Waals surface area (Å²) in [6, 6.07) is 81.5. The van der Waals surface area contributed by atoms with E-state index in [1.807, 2.05) is 181 Å². The van der Waals surface area contributed by atoms with E-state index in [9.17, 15) is 0 Å². The van der Waals surface area contributed by atoms with E-state index in [1.54, 1.807) is 7.11 Å². The van der Waals surface area contributed by atoms with E-state index < -0.39 is 67.0 Å². The molecular weight excluding hydrogens is 1160 g/mol. The molecule has 0 aliphatic carbocycles. The maximum absolute atomic E-state index is 7.95. The summed E-state index contributed by atoms with van der Waals surface area (Å²) in [4.78, 5) is 0. The van der Waals surface area contributed by atoms with E-state index in [4.69, 9.17) is 56.8 Å². The fraction of sp³-hybridized carbons (Fsp3) is 0.360. The average Bonchev–Trinajstić information content (AvgIpc) is 1.20. The first-order valence-corrected chi connectivity index (χ1v) is 33.1. The molecule has 0 radical (unpaired) electrons. The van der Waals surface area contributed by atoms with E-state index in [0.29, 0.717) is 32.8 Å². The first kappa shape index (κ1) is 64.5. The van der Waals surface area contributed by atoms with Crippen LogP contribution in [0.3, 0.4) is 0 Å². The zero-order valence-electron chi connectivity index (χ0n) is 50.6. The van der Waals surface area contributed by atoms with Gasteiger partial charge in [-0.15, -0.1) is 23.5 Å². The quantitative estimate of drug-likeness (QED) is 0.0399. The molecular formula is C75H82O12S2. The minimum absolute atomic E-state index is 0.00853. The fourth-order valence-electron chi connectivity index (χ4n) is 11.5. The molecule has 0 spiro atoms. The van der Waals surface area contributed by atoms with Crippen molar-refractivity contribution in [2.24, 2.45) is 0 Å². The molecule has 0 saturated carbocycles. The Balaban J connectivity index is 1.00. The van der Waals surface area contributed by atoms with Crippen LogP contribution in [-0.4, -0.2) is 103 Å². The predicted molar refractivity (Wildman–Crippen MR) is 348 cm³/mol. The molecule has 3 aliphatic heterocycles. The van der Waals surface area contributed by atoms with Crippen LogP contribution in [0.2, 0.25) is 0 Å². The Morgan fingerprint density at radius 1 is 0.393 bits per heavy atom. The molecule has 0 N–H and O–H groups in total. The van der Waals surface area contributed by atoms with Gasteiger partial charge in [-0.3, -0.25) is 0 Å². The largest absolute Gasteiger partial charge is 0.374 e. The Labute approximate surface area is 533 Å². The van der Waals surface area contributed by atoms with Crippen LogP contribution in [0, 0.1) is 0 Å². The summed E-state index contributed by atoms with van der Waals surface area (Å²) in [6.07, 6.45) is -6.22. The predicted octanol–water partition coefficient (Wildman–Crippen LogP) is 14.4. The van der Waals surface area contributed by atoms with Crippen molar-refractivity contribution in [2.45, 2.75) is 137 Å². The SMILES string of the molecule is CO[C@H]1O[C@H]([C@H](CO[C@]2(C3SCCCS3)C[C@@H](OCc3ccccc3)[C@@H](OCc3ccccc3)[C@@H]([C@@H](COCc3ccccc3)OCc3ccccc3)O2)OCc2ccccc2)[C@@H](OCc2ccccc2)[C@H](OCc2ccccc2)[C@@H]1OCc1ccccc1. The molecule has 0 unspecified atom stereocenters. The van der Waals surface area contributed by atoms with E-state index in [1.165, 1.54) is 0 Å². The molecule has 466 valence electrons. The molecule has 0 amide bonds. The highest BCUT2D eigenvalue weighted by Gasteiger charge is 2.58. The van der Waals surface area contributed by atoms with Gasteiger partial charge >= 0.3 is 0 Å². The van der Waals surface area contributed by atoms with Crippen LogP contribution < -0.4 is 0 Å². The minimum Gasteiger partial charge on any atom is -0.374 e. The van der Waals surface area contributed by atoms with E-state index in [2.05, 4.69) is 84.9 Å². The number of hydrogen-bond donors (Lipinski definition) is 0. The molecule has 11 atom stereocenters. The van der Waals surface area contributed by atoms with Crippen LogP contribution in [0.5, 0.6) is 0 Å². The monoisotopic (exact) mass is 1240 g/mol. The highest BCUT2D eigenvalue weighted by atomic mass is 32.2. The van der Waals surface area contributed by atoms with Crippen molar-refractivity contribution < 1.29 is 56.8 Å². The van der Waals surface area contributed by atoms with E-state index >= 15 is 0 Å². The van der Waals surface area contributed by atoms with Gasteiger partial charge in [-0.1, -0.05) is 243 Å². The molecule has 0 aromatic heterocycles. The Morgan fingerprint density at radius 2 is 0.753 bits per heavy atom. The molecule has 8 aromatic rings. The number of methoxy groups -OCH3 is 1. The Bertz CT molecular complexity index is 3200. The molecule has 11 rings (SSSR count). The smallest absolute Gasteiger partial charge is 0.192 e. The lowest BCUT2D eigenvalue weighted by atomic mass is 9.91. The van der Waals surface area contributed by atoms with Crippen LogP contribution in [-0.2, 0) is 110 Å². The Hall–Kier alpha value is -6.02. The highest BCUT2D eigenvalue weighted by molar-refractivity contribution is 8.17. The molecule has 8 aromatic carbocycles. The molecule has 12 nitrogen and oxygen atoms in total. The van der Waals surface area contributed by atoms with Gasteiger partial charge in [-0.25, -0.2) is 0 Å². The second kappa shape index (κ2) is 34.4. The third-order valence-corrected chi connectivity index (χ3v) is 19.3. The van der Waals surface area contributed by atoms with Gasteiger partial charge in [0.05, 0.1) is 72.2 Å². The standard InChI is InChI=1S/C75H82O12S2/c1-76-73-72(84-53-63-41-24-9-25-42-63)71(83-52-62-39-22-8-23-40-62)70(82-51-61-37-20-7-21-38-61)68(86-73)66(80-49-59-33-16-5-17-34-59)55-85-75(74-88-43-26-44-89-74)45-64(78-47-57-29-12-3-13-30-57)67(81-50-60-35-18-6-19-36-60)69(87-75)65(79-48-58-31-14-4-15-32-58)54-77-46-56-27-10-2-11-28-56/h2-25,27-42,64-74H,26,43-55H2,1H3/t64-,65-,66+,67-,68-,69-,70-,71+,72+,73+,75-/m1/s1. The maximum atomic E-state index is 7.95. The summed E-state index contributed by atoms with van der Waals surface area (Å²) in [6.45, 7) is 2.48. The van der Waals surface area contributed by atoms with Crippen molar-refractivity contribution in [3.05, 3.63) is 287 Å². The molecule has 14 heteroatoms. The maximum Gasteiger partial charge on any atom is 0.192 e. The van der Waals surface area contributed by atoms with E-state index in [0.717, 1.165) is 62.4 Å². The summed E-state index contributed by atoms with van der Waals surface area (Å²) in [5.74, 6) is 0.477. The molecule has 3 aliphatic rings. The third-order valence-electron chi connectivity index (χ3n) is 16.1. The van der Waals surface area contributed by atoms with Gasteiger partial charge in [-0.2, -0.15) is 0 Å². The number of benzene rings is 8. The summed E-state index contributed by atoms with van der Waals surface area (Å²) < 4.78 is 86.3. The molecule has 0 bridgehead atoms. The Kier molecular flexibility index (Phi) is 24.9. The van der Waals surface area contributed by atoms with Gasteiger partial charge in [0, 0.05) is 13.5 Å². The van der Waals surface area contributed by atoms with Crippen LogP contribution in [0.4, 0.5) is 0 Å². The van der Waals surface area contributed by atoms with Crippen LogP contribution in [0.15, 0.2) is 243 Å². The lowest BCUT2D eigenvalue weighted by molar-refractivity contribution is -0.358. The lowest BCUT2D eigenvalue weighted by Crippen LogP contribution is -2.66. The van der Waals surface area contributed by atoms with Gasteiger partial charge in [0.25, 0.3) is 0 Å². The van der Waals surface area contributed by atoms with Crippen molar-refractivity contribution in [1.82, 2.24) is 0 Å². The summed E-state index contributed by atoms with van der Waals surface area (Å²) in [5.41, 5.74) is 8.05. The zero-order valence-corrected chi connectivity index (χ0v) is 52.2. The second-order valence-electron chi connectivity index (χ2n) is 22.6. The first-order valence-electron chi connectivity index (χ1n) is 31.0. The molecule has 89 heavy (non-hydrogen) atoms. The normalized spacial score (nSPS) is 23.8. The number of thioether (sulfide) groups is 2. The summed E-state index contributed by atoms with van der Waals surface area (Å²) >= 11 is 3.69. The van der Waals surface area contributed by atoms with Crippen molar-refractivity contribution in [1.29, 1.82) is 0 Å². The van der Waals surface area contributed by atoms with Gasteiger partial charge < -0.3 is 56.8 Å². The van der Waals surface area contributed by atoms with Crippen molar-refractivity contribution in [3.8, 4) is 0 Å². The van der Waals surface area contributed by atoms with Crippen molar-refractivity contribution in [2.75, 3.05) is 31.8 Å². The lowest BCUT2D eigenvalue weighted by Gasteiger charge is -2.53. The van der Waals surface area contributed by atoms with Crippen molar-refractivity contribution in [3.63, 3.8) is 0 Å². The zero-order chi connectivity index (χ0) is 60.6. The van der Waals surface area contributed by atoms with Crippen LogP contribution in [0.25, 0.3) is 0 Å². The highest BCUT2D eigenvalue weighted by Crippen LogP contribution is 2.49. The molecule has 3 fully saturated rings. The van der Waals surface area contributed by atoms with E-state index in [-0.39, 0.29) is 44.2 Å². The summed E-state index contributed by atoms with van der Waals surface area (Å²) in [5, 5.41) is 0. The number of rotatable bonds is 32. The fourth-order valence-corrected chi connectivity index (χ4v) is 14.6. The summed E-state index contributed by atoms with van der Waals surface area (Å²) in [7, 11) is 1.64.